The number of ether oxygens (including phenoxy) is 1. The summed E-state index contributed by atoms with van der Waals surface area (Å²) in [4.78, 5) is 16.8. The highest BCUT2D eigenvalue weighted by atomic mass is 32.2. The number of carbonyl (C=O) groups is 1. The van der Waals surface area contributed by atoms with Crippen molar-refractivity contribution in [3.8, 4) is 5.75 Å². The Morgan fingerprint density at radius 3 is 2.74 bits per heavy atom. The van der Waals surface area contributed by atoms with Gasteiger partial charge in [-0.3, -0.25) is 4.79 Å². The van der Waals surface area contributed by atoms with E-state index in [9.17, 15) is 4.79 Å². The highest BCUT2D eigenvalue weighted by Gasteiger charge is 2.06. The second-order valence-corrected chi connectivity index (χ2v) is 7.10. The normalized spacial score (nSPS) is 10.7. The molecule has 0 spiro atoms. The second kappa shape index (κ2) is 7.02. The fourth-order valence-corrected chi connectivity index (χ4v) is 4.01. The van der Waals surface area contributed by atoms with Crippen LogP contribution in [0.1, 0.15) is 11.9 Å². The fraction of sp³-hybridized carbons (Fsp3) is 0.176. The number of fused-ring (bicyclic) bond motifs is 1. The highest BCUT2D eigenvalue weighted by Crippen LogP contribution is 2.30. The maximum atomic E-state index is 11.0. The van der Waals surface area contributed by atoms with E-state index in [1.54, 1.807) is 30.2 Å². The number of thioether (sulfide) groups is 1. The number of methoxy groups -OCH3 is 1. The Bertz CT molecular complexity index is 828. The topological polar surface area (TPSA) is 51.2 Å². The Labute approximate surface area is 142 Å². The smallest absolute Gasteiger partial charge is 0.221 e. The molecule has 0 saturated heterocycles. The van der Waals surface area contributed by atoms with Gasteiger partial charge in [0.15, 0.2) is 0 Å². The van der Waals surface area contributed by atoms with Crippen LogP contribution in [-0.2, 0) is 10.5 Å². The molecule has 23 heavy (non-hydrogen) atoms. The van der Waals surface area contributed by atoms with E-state index < -0.39 is 0 Å². The molecule has 0 radical (unpaired) electrons. The summed E-state index contributed by atoms with van der Waals surface area (Å²) < 4.78 is 6.38. The lowest BCUT2D eigenvalue weighted by molar-refractivity contribution is -0.114. The Morgan fingerprint density at radius 1 is 1.26 bits per heavy atom. The predicted molar refractivity (Wildman–Crippen MR) is 96.5 cm³/mol. The van der Waals surface area contributed by atoms with Crippen molar-refractivity contribution in [1.82, 2.24) is 4.98 Å². The van der Waals surface area contributed by atoms with Gasteiger partial charge in [-0.2, -0.15) is 0 Å². The van der Waals surface area contributed by atoms with Gasteiger partial charge in [-0.1, -0.05) is 0 Å². The summed E-state index contributed by atoms with van der Waals surface area (Å²) in [5, 5.41) is 3.85. The predicted octanol–water partition coefficient (Wildman–Crippen LogP) is 4.56. The first-order chi connectivity index (χ1) is 11.1. The van der Waals surface area contributed by atoms with E-state index >= 15 is 0 Å². The molecule has 1 N–H and O–H groups in total. The van der Waals surface area contributed by atoms with E-state index in [1.165, 1.54) is 6.92 Å². The highest BCUT2D eigenvalue weighted by molar-refractivity contribution is 7.98. The van der Waals surface area contributed by atoms with Crippen molar-refractivity contribution in [3.05, 3.63) is 47.5 Å². The van der Waals surface area contributed by atoms with Gasteiger partial charge in [0.25, 0.3) is 0 Å². The van der Waals surface area contributed by atoms with Crippen molar-refractivity contribution in [1.29, 1.82) is 0 Å². The van der Waals surface area contributed by atoms with Gasteiger partial charge < -0.3 is 10.1 Å². The van der Waals surface area contributed by atoms with Crippen molar-refractivity contribution < 1.29 is 9.53 Å². The zero-order valence-corrected chi connectivity index (χ0v) is 14.5. The van der Waals surface area contributed by atoms with E-state index in [0.29, 0.717) is 0 Å². The van der Waals surface area contributed by atoms with Crippen LogP contribution in [-0.4, -0.2) is 18.0 Å². The molecule has 0 aliphatic heterocycles. The Morgan fingerprint density at radius 2 is 2.04 bits per heavy atom. The van der Waals surface area contributed by atoms with Gasteiger partial charge in [0, 0.05) is 17.5 Å². The van der Waals surface area contributed by atoms with Crippen LogP contribution in [0, 0.1) is 0 Å². The van der Waals surface area contributed by atoms with Crippen molar-refractivity contribution in [2.45, 2.75) is 17.6 Å². The number of thiazole rings is 1. The van der Waals surface area contributed by atoms with Crippen LogP contribution < -0.4 is 10.1 Å². The Kier molecular flexibility index (Phi) is 4.83. The van der Waals surface area contributed by atoms with Crippen molar-refractivity contribution >= 4 is 44.9 Å². The van der Waals surface area contributed by atoms with E-state index in [-0.39, 0.29) is 5.91 Å². The van der Waals surface area contributed by atoms with Gasteiger partial charge in [0.1, 0.15) is 10.8 Å². The summed E-state index contributed by atoms with van der Waals surface area (Å²) in [7, 11) is 1.67. The molecular weight excluding hydrogens is 328 g/mol. The van der Waals surface area contributed by atoms with Crippen LogP contribution in [0.15, 0.2) is 47.4 Å². The van der Waals surface area contributed by atoms with Gasteiger partial charge in [0.2, 0.25) is 5.91 Å². The summed E-state index contributed by atoms with van der Waals surface area (Å²) in [6.45, 7) is 1.50. The first-order valence-electron chi connectivity index (χ1n) is 7.08. The number of nitrogens with one attached hydrogen (secondary N) is 1. The molecule has 0 aliphatic rings. The zero-order valence-electron chi connectivity index (χ0n) is 12.8. The molecule has 2 aromatic carbocycles. The third kappa shape index (κ3) is 4.03. The first kappa shape index (κ1) is 15.8. The van der Waals surface area contributed by atoms with E-state index in [0.717, 1.165) is 37.3 Å². The van der Waals surface area contributed by atoms with Gasteiger partial charge in [-0.05, 0) is 42.5 Å². The maximum Gasteiger partial charge on any atom is 0.221 e. The minimum Gasteiger partial charge on any atom is -0.497 e. The third-order valence-corrected chi connectivity index (χ3v) is 5.40. The van der Waals surface area contributed by atoms with Crippen LogP contribution in [0.3, 0.4) is 0 Å². The standard InChI is InChI=1S/C17H16N2O2S2/c1-11(20)18-12-3-6-14(7-4-12)22-10-17-19-15-8-5-13(21-2)9-16(15)23-17/h3-9H,10H2,1-2H3,(H,18,20). The summed E-state index contributed by atoms with van der Waals surface area (Å²) in [6, 6.07) is 13.8. The average molecular weight is 344 g/mol. The molecule has 0 unspecified atom stereocenters. The molecule has 4 nitrogen and oxygen atoms in total. The number of hydrogen-bond acceptors (Lipinski definition) is 5. The number of aromatic nitrogens is 1. The molecule has 0 bridgehead atoms. The number of amides is 1. The van der Waals surface area contributed by atoms with E-state index in [1.807, 2.05) is 42.5 Å². The van der Waals surface area contributed by atoms with Crippen molar-refractivity contribution in [3.63, 3.8) is 0 Å². The first-order valence-corrected chi connectivity index (χ1v) is 8.88. The number of carbonyl (C=O) groups excluding carboxylic acids is 1. The van der Waals surface area contributed by atoms with Crippen LogP contribution in [0.2, 0.25) is 0 Å². The molecule has 0 aliphatic carbocycles. The average Bonchev–Trinajstić information content (AvgIpc) is 2.95. The van der Waals surface area contributed by atoms with E-state index in [4.69, 9.17) is 4.74 Å². The lowest BCUT2D eigenvalue weighted by Crippen LogP contribution is -2.05. The zero-order chi connectivity index (χ0) is 16.2. The lowest BCUT2D eigenvalue weighted by Gasteiger charge is -2.03. The Hall–Kier alpha value is -2.05. The van der Waals surface area contributed by atoms with Gasteiger partial charge in [-0.25, -0.2) is 4.98 Å². The molecule has 0 saturated carbocycles. The molecular formula is C17H16N2O2S2. The lowest BCUT2D eigenvalue weighted by atomic mass is 10.3. The van der Waals surface area contributed by atoms with Crippen molar-refractivity contribution in [2.24, 2.45) is 0 Å². The van der Waals surface area contributed by atoms with Crippen LogP contribution >= 0.6 is 23.1 Å². The molecule has 0 atom stereocenters. The molecule has 118 valence electrons. The van der Waals surface area contributed by atoms with Crippen LogP contribution in [0.25, 0.3) is 10.2 Å². The fourth-order valence-electron chi connectivity index (χ4n) is 2.12. The van der Waals surface area contributed by atoms with E-state index in [2.05, 4.69) is 10.3 Å². The van der Waals surface area contributed by atoms with Gasteiger partial charge in [0.05, 0.1) is 23.1 Å². The Balaban J connectivity index is 1.66. The molecule has 3 rings (SSSR count). The molecule has 1 amide bonds. The monoisotopic (exact) mass is 344 g/mol. The number of nitrogens with zero attached hydrogens (tertiary/aromatic N) is 1. The van der Waals surface area contributed by atoms with Crippen LogP contribution in [0.5, 0.6) is 5.75 Å². The molecule has 6 heteroatoms. The minimum absolute atomic E-state index is 0.0599. The SMILES string of the molecule is COc1ccc2nc(CSc3ccc(NC(C)=O)cc3)sc2c1. The number of hydrogen-bond donors (Lipinski definition) is 1. The summed E-state index contributed by atoms with van der Waals surface area (Å²) >= 11 is 3.42. The van der Waals surface area contributed by atoms with Crippen LogP contribution in [0.4, 0.5) is 5.69 Å². The van der Waals surface area contributed by atoms with Crippen molar-refractivity contribution in [2.75, 3.05) is 12.4 Å². The quantitative estimate of drug-likeness (QED) is 0.690. The second-order valence-electron chi connectivity index (χ2n) is 4.94. The summed E-state index contributed by atoms with van der Waals surface area (Å²) in [5.41, 5.74) is 1.82. The number of rotatable bonds is 5. The minimum atomic E-state index is -0.0599. The largest absolute Gasteiger partial charge is 0.497 e. The maximum absolute atomic E-state index is 11.0. The molecule has 1 heterocycles. The van der Waals surface area contributed by atoms with Gasteiger partial charge >= 0.3 is 0 Å². The number of anilines is 1. The molecule has 0 fully saturated rings. The third-order valence-electron chi connectivity index (χ3n) is 3.18. The number of benzene rings is 2. The summed E-state index contributed by atoms with van der Waals surface area (Å²) in [6.07, 6.45) is 0. The molecule has 3 aromatic rings. The summed E-state index contributed by atoms with van der Waals surface area (Å²) in [5.74, 6) is 1.62. The molecule has 1 aromatic heterocycles. The van der Waals surface area contributed by atoms with Gasteiger partial charge in [-0.15, -0.1) is 23.1 Å².